The Kier molecular flexibility index (Phi) is 6.32. The van der Waals surface area contributed by atoms with E-state index < -0.39 is 10.0 Å². The first-order valence-electron chi connectivity index (χ1n) is 9.20. The molecule has 2 N–H and O–H groups in total. The zero-order valence-electron chi connectivity index (χ0n) is 16.3. The summed E-state index contributed by atoms with van der Waals surface area (Å²) in [6.07, 6.45) is 1.05. The summed E-state index contributed by atoms with van der Waals surface area (Å²) in [6, 6.07) is 12.8. The van der Waals surface area contributed by atoms with Crippen molar-refractivity contribution in [2.75, 3.05) is 0 Å². The smallest absolute Gasteiger partial charge is 0.238 e. The maximum absolute atomic E-state index is 11.7. The maximum atomic E-state index is 11.7. The SMILES string of the molecule is CCCn1c(SCc2ccccc2OC(C)C)nc2cc(S(N)(=O)=O)ccc21. The molecule has 1 aromatic heterocycles. The molecule has 0 radical (unpaired) electrons. The van der Waals surface area contributed by atoms with Gasteiger partial charge in [-0.05, 0) is 44.5 Å². The Hall–Kier alpha value is -2.03. The molecule has 0 saturated heterocycles. The Morgan fingerprint density at radius 2 is 1.96 bits per heavy atom. The number of rotatable bonds is 8. The number of fused-ring (bicyclic) bond motifs is 1. The van der Waals surface area contributed by atoms with Gasteiger partial charge in [0.1, 0.15) is 5.75 Å². The van der Waals surface area contributed by atoms with Crippen molar-refractivity contribution in [1.82, 2.24) is 9.55 Å². The molecule has 6 nitrogen and oxygen atoms in total. The number of hydrogen-bond donors (Lipinski definition) is 1. The fraction of sp³-hybridized carbons (Fsp3) is 0.350. The van der Waals surface area contributed by atoms with Gasteiger partial charge in [-0.15, -0.1) is 0 Å². The predicted octanol–water partition coefficient (Wildman–Crippen LogP) is 4.17. The van der Waals surface area contributed by atoms with Crippen LogP contribution in [0.4, 0.5) is 0 Å². The molecule has 0 amide bonds. The van der Waals surface area contributed by atoms with Gasteiger partial charge in [0.25, 0.3) is 0 Å². The van der Waals surface area contributed by atoms with E-state index in [1.54, 1.807) is 17.8 Å². The summed E-state index contributed by atoms with van der Waals surface area (Å²) in [5, 5.41) is 6.11. The van der Waals surface area contributed by atoms with E-state index in [0.29, 0.717) is 11.3 Å². The maximum Gasteiger partial charge on any atom is 0.238 e. The Morgan fingerprint density at radius 1 is 1.21 bits per heavy atom. The van der Waals surface area contributed by atoms with Crippen molar-refractivity contribution in [2.24, 2.45) is 5.14 Å². The molecule has 0 aliphatic rings. The van der Waals surface area contributed by atoms with Crippen LogP contribution in [-0.4, -0.2) is 24.1 Å². The molecular weight excluding hydrogens is 394 g/mol. The van der Waals surface area contributed by atoms with Crippen molar-refractivity contribution < 1.29 is 13.2 Å². The first kappa shape index (κ1) is 20.7. The number of aryl methyl sites for hydroxylation is 1. The minimum absolute atomic E-state index is 0.0772. The molecule has 0 fully saturated rings. The number of primary sulfonamides is 1. The van der Waals surface area contributed by atoms with Crippen LogP contribution in [0.3, 0.4) is 0 Å². The van der Waals surface area contributed by atoms with Gasteiger partial charge < -0.3 is 9.30 Å². The second kappa shape index (κ2) is 8.55. The van der Waals surface area contributed by atoms with Gasteiger partial charge in [-0.1, -0.05) is 36.9 Å². The molecule has 0 spiro atoms. The summed E-state index contributed by atoms with van der Waals surface area (Å²) in [6.45, 7) is 6.92. The summed E-state index contributed by atoms with van der Waals surface area (Å²) < 4.78 is 31.3. The Balaban J connectivity index is 1.93. The number of para-hydroxylation sites is 1. The number of thioether (sulfide) groups is 1. The van der Waals surface area contributed by atoms with E-state index in [1.165, 1.54) is 12.1 Å². The minimum atomic E-state index is -3.76. The summed E-state index contributed by atoms with van der Waals surface area (Å²) in [7, 11) is -3.76. The van der Waals surface area contributed by atoms with Gasteiger partial charge in [0.05, 0.1) is 22.0 Å². The third-order valence-corrected chi connectivity index (χ3v) is 6.09. The van der Waals surface area contributed by atoms with E-state index in [0.717, 1.165) is 35.0 Å². The predicted molar refractivity (Wildman–Crippen MR) is 113 cm³/mol. The van der Waals surface area contributed by atoms with E-state index in [9.17, 15) is 8.42 Å². The minimum Gasteiger partial charge on any atom is -0.491 e. The number of benzene rings is 2. The molecular formula is C20H25N3O3S2. The fourth-order valence-corrected chi connectivity index (χ4v) is 4.51. The number of imidazole rings is 1. The van der Waals surface area contributed by atoms with Crippen LogP contribution in [0.25, 0.3) is 11.0 Å². The van der Waals surface area contributed by atoms with Gasteiger partial charge >= 0.3 is 0 Å². The average molecular weight is 420 g/mol. The van der Waals surface area contributed by atoms with Gasteiger partial charge in [0.15, 0.2) is 5.16 Å². The third kappa shape index (κ3) is 4.68. The molecule has 2 aromatic carbocycles. The van der Waals surface area contributed by atoms with Crippen LogP contribution in [-0.2, 0) is 22.3 Å². The first-order valence-corrected chi connectivity index (χ1v) is 11.7. The lowest BCUT2D eigenvalue weighted by molar-refractivity contribution is 0.240. The van der Waals surface area contributed by atoms with Gasteiger partial charge in [0.2, 0.25) is 10.0 Å². The lowest BCUT2D eigenvalue weighted by atomic mass is 10.2. The summed E-state index contributed by atoms with van der Waals surface area (Å²) in [5.41, 5.74) is 2.64. The largest absolute Gasteiger partial charge is 0.491 e. The molecule has 0 saturated carbocycles. The lowest BCUT2D eigenvalue weighted by Crippen LogP contribution is -2.11. The molecule has 150 valence electrons. The summed E-state index contributed by atoms with van der Waals surface area (Å²) in [5.74, 6) is 1.58. The number of nitrogens with two attached hydrogens (primary N) is 1. The fourth-order valence-electron chi connectivity index (χ4n) is 2.95. The zero-order chi connectivity index (χ0) is 20.3. The number of nitrogens with zero attached hydrogens (tertiary/aromatic N) is 2. The van der Waals surface area contributed by atoms with Crippen LogP contribution >= 0.6 is 11.8 Å². The topological polar surface area (TPSA) is 87.2 Å². The highest BCUT2D eigenvalue weighted by atomic mass is 32.2. The molecule has 28 heavy (non-hydrogen) atoms. The number of aromatic nitrogens is 2. The van der Waals surface area contributed by atoms with Crippen LogP contribution in [0, 0.1) is 0 Å². The molecule has 0 aliphatic heterocycles. The van der Waals surface area contributed by atoms with E-state index >= 15 is 0 Å². The monoisotopic (exact) mass is 419 g/mol. The van der Waals surface area contributed by atoms with Gasteiger partial charge in [-0.3, -0.25) is 0 Å². The zero-order valence-corrected chi connectivity index (χ0v) is 17.9. The van der Waals surface area contributed by atoms with Crippen LogP contribution < -0.4 is 9.88 Å². The van der Waals surface area contributed by atoms with Crippen LogP contribution in [0.1, 0.15) is 32.8 Å². The van der Waals surface area contributed by atoms with Crippen molar-refractivity contribution in [1.29, 1.82) is 0 Å². The summed E-state index contributed by atoms with van der Waals surface area (Å²) in [4.78, 5) is 4.75. The summed E-state index contributed by atoms with van der Waals surface area (Å²) >= 11 is 1.61. The number of ether oxygens (including phenoxy) is 1. The van der Waals surface area contributed by atoms with Gasteiger partial charge in [-0.25, -0.2) is 18.5 Å². The molecule has 0 unspecified atom stereocenters. The highest BCUT2D eigenvalue weighted by molar-refractivity contribution is 7.98. The van der Waals surface area contributed by atoms with Crippen molar-refractivity contribution in [3.05, 3.63) is 48.0 Å². The quantitative estimate of drug-likeness (QED) is 0.554. The lowest BCUT2D eigenvalue weighted by Gasteiger charge is -2.14. The van der Waals surface area contributed by atoms with Gasteiger partial charge in [0, 0.05) is 17.9 Å². The van der Waals surface area contributed by atoms with Crippen molar-refractivity contribution in [3.8, 4) is 5.75 Å². The van der Waals surface area contributed by atoms with Gasteiger partial charge in [-0.2, -0.15) is 0 Å². The first-order chi connectivity index (χ1) is 13.3. The average Bonchev–Trinajstić information content (AvgIpc) is 2.97. The molecule has 8 heteroatoms. The molecule has 0 atom stereocenters. The van der Waals surface area contributed by atoms with E-state index in [-0.39, 0.29) is 11.0 Å². The second-order valence-electron chi connectivity index (χ2n) is 6.80. The Morgan fingerprint density at radius 3 is 2.64 bits per heavy atom. The standard InChI is InChI=1S/C20H25N3O3S2/c1-4-11-23-18-10-9-16(28(21,24)25)12-17(18)22-20(23)27-13-15-7-5-6-8-19(15)26-14(2)3/h5-10,12,14H,4,11,13H2,1-3H3,(H2,21,24,25). The number of hydrogen-bond acceptors (Lipinski definition) is 5. The Bertz CT molecular complexity index is 1080. The molecule has 0 aliphatic carbocycles. The second-order valence-corrected chi connectivity index (χ2v) is 9.31. The highest BCUT2D eigenvalue weighted by Gasteiger charge is 2.16. The van der Waals surface area contributed by atoms with Crippen molar-refractivity contribution in [3.63, 3.8) is 0 Å². The molecule has 1 heterocycles. The Labute approximate surface area is 170 Å². The number of sulfonamides is 1. The highest BCUT2D eigenvalue weighted by Crippen LogP contribution is 2.31. The van der Waals surface area contributed by atoms with Crippen molar-refractivity contribution >= 4 is 32.8 Å². The van der Waals surface area contributed by atoms with Crippen molar-refractivity contribution in [2.45, 2.75) is 55.6 Å². The van der Waals surface area contributed by atoms with Crippen LogP contribution in [0.2, 0.25) is 0 Å². The van der Waals surface area contributed by atoms with Crippen LogP contribution in [0.5, 0.6) is 5.75 Å². The molecule has 3 aromatic rings. The van der Waals surface area contributed by atoms with E-state index in [2.05, 4.69) is 22.5 Å². The normalized spacial score (nSPS) is 12.0. The van der Waals surface area contributed by atoms with E-state index in [4.69, 9.17) is 9.88 Å². The third-order valence-electron chi connectivity index (χ3n) is 4.15. The van der Waals surface area contributed by atoms with E-state index in [1.807, 2.05) is 32.0 Å². The molecule has 0 bridgehead atoms. The van der Waals surface area contributed by atoms with Crippen LogP contribution in [0.15, 0.2) is 52.5 Å². The molecule has 3 rings (SSSR count).